The lowest BCUT2D eigenvalue weighted by Crippen LogP contribution is -2.66. The maximum absolute atomic E-state index is 11.8. The molecule has 2 rings (SSSR count). The Balaban J connectivity index is 2.31. The molecule has 0 radical (unpaired) electrons. The zero-order valence-corrected chi connectivity index (χ0v) is 12.2. The molecule has 0 saturated carbocycles. The van der Waals surface area contributed by atoms with Gasteiger partial charge in [-0.25, -0.2) is 0 Å². The van der Waals surface area contributed by atoms with Crippen molar-refractivity contribution in [1.82, 2.24) is 10.6 Å². The number of amides is 2. The summed E-state index contributed by atoms with van der Waals surface area (Å²) in [6.45, 7) is 3.60. The normalized spacial score (nSPS) is 15.5. The first kappa shape index (κ1) is 15.2. The number of nitrogens with one attached hydrogen (secondary N) is 2. The number of fused-ring (bicyclic) bond motifs is 1. The van der Waals surface area contributed by atoms with E-state index in [0.29, 0.717) is 24.2 Å². The van der Waals surface area contributed by atoms with Crippen LogP contribution in [0.2, 0.25) is 0 Å². The standard InChI is InChI=1S/C15H20N2O4/c1-3-13(19)16-15(17-14(20)4-2)8-10-11(18)6-5-7-12(10)21-9-15/h5-7,18H,3-4,8-9H2,1-2H3,(H,16,19)(H,17,20). The first-order valence-electron chi connectivity index (χ1n) is 7.05. The molecule has 1 aromatic carbocycles. The number of ether oxygens (including phenoxy) is 1. The average molecular weight is 292 g/mol. The van der Waals surface area contributed by atoms with Crippen LogP contribution in [0.15, 0.2) is 18.2 Å². The Hall–Kier alpha value is -2.24. The van der Waals surface area contributed by atoms with Crippen LogP contribution in [0, 0.1) is 0 Å². The lowest BCUT2D eigenvalue weighted by atomic mass is 9.95. The molecule has 0 aromatic heterocycles. The van der Waals surface area contributed by atoms with Crippen molar-refractivity contribution >= 4 is 11.8 Å². The summed E-state index contributed by atoms with van der Waals surface area (Å²) >= 11 is 0. The fraction of sp³-hybridized carbons (Fsp3) is 0.467. The van der Waals surface area contributed by atoms with Gasteiger partial charge in [0.1, 0.15) is 18.1 Å². The van der Waals surface area contributed by atoms with Gasteiger partial charge in [-0.2, -0.15) is 0 Å². The summed E-state index contributed by atoms with van der Waals surface area (Å²) < 4.78 is 5.62. The lowest BCUT2D eigenvalue weighted by Gasteiger charge is -2.39. The van der Waals surface area contributed by atoms with E-state index in [2.05, 4.69) is 10.6 Å². The van der Waals surface area contributed by atoms with E-state index in [-0.39, 0.29) is 30.6 Å². The number of benzene rings is 1. The van der Waals surface area contributed by atoms with Gasteiger partial charge in [-0.1, -0.05) is 19.9 Å². The number of aromatic hydroxyl groups is 1. The van der Waals surface area contributed by atoms with Crippen LogP contribution >= 0.6 is 0 Å². The molecule has 1 aromatic rings. The first-order chi connectivity index (χ1) is 9.99. The quantitative estimate of drug-likeness (QED) is 0.725. The zero-order chi connectivity index (χ0) is 15.5. The first-order valence-corrected chi connectivity index (χ1v) is 7.05. The van der Waals surface area contributed by atoms with E-state index in [1.54, 1.807) is 32.0 Å². The summed E-state index contributed by atoms with van der Waals surface area (Å²) in [4.78, 5) is 23.5. The van der Waals surface area contributed by atoms with Crippen molar-refractivity contribution in [2.75, 3.05) is 6.61 Å². The zero-order valence-electron chi connectivity index (χ0n) is 12.2. The molecule has 0 saturated heterocycles. The van der Waals surface area contributed by atoms with Gasteiger partial charge < -0.3 is 20.5 Å². The smallest absolute Gasteiger partial charge is 0.221 e. The molecule has 114 valence electrons. The van der Waals surface area contributed by atoms with E-state index in [4.69, 9.17) is 4.74 Å². The highest BCUT2D eigenvalue weighted by Gasteiger charge is 2.39. The molecular formula is C15H20N2O4. The van der Waals surface area contributed by atoms with Crippen LogP contribution in [0.5, 0.6) is 11.5 Å². The third-order valence-electron chi connectivity index (χ3n) is 3.46. The highest BCUT2D eigenvalue weighted by molar-refractivity contribution is 5.80. The van der Waals surface area contributed by atoms with Gasteiger partial charge in [-0.05, 0) is 12.1 Å². The molecule has 1 heterocycles. The summed E-state index contributed by atoms with van der Waals surface area (Å²) in [5.41, 5.74) is -0.442. The van der Waals surface area contributed by atoms with Crippen molar-refractivity contribution in [1.29, 1.82) is 0 Å². The van der Waals surface area contributed by atoms with Gasteiger partial charge in [0.25, 0.3) is 0 Å². The number of carbonyl (C=O) groups excluding carboxylic acids is 2. The summed E-state index contributed by atoms with van der Waals surface area (Å²) in [5, 5.41) is 15.6. The van der Waals surface area contributed by atoms with Crippen LogP contribution in [0.25, 0.3) is 0 Å². The summed E-state index contributed by atoms with van der Waals surface area (Å²) in [7, 11) is 0. The van der Waals surface area contributed by atoms with E-state index in [9.17, 15) is 14.7 Å². The third-order valence-corrected chi connectivity index (χ3v) is 3.46. The second-order valence-electron chi connectivity index (χ2n) is 5.10. The summed E-state index contributed by atoms with van der Waals surface area (Å²) in [6, 6.07) is 5.00. The summed E-state index contributed by atoms with van der Waals surface area (Å²) in [5.74, 6) is 0.290. The Labute approximate surface area is 123 Å². The van der Waals surface area contributed by atoms with E-state index < -0.39 is 5.66 Å². The molecule has 3 N–H and O–H groups in total. The van der Waals surface area contributed by atoms with E-state index in [1.807, 2.05) is 0 Å². The number of phenolic OH excluding ortho intramolecular Hbond substituents is 1. The SMILES string of the molecule is CCC(=O)NC1(NC(=O)CC)COc2cccc(O)c2C1. The molecule has 0 atom stereocenters. The molecule has 0 aliphatic carbocycles. The second-order valence-corrected chi connectivity index (χ2v) is 5.10. The highest BCUT2D eigenvalue weighted by Crippen LogP contribution is 2.34. The van der Waals surface area contributed by atoms with Crippen molar-refractivity contribution in [2.24, 2.45) is 0 Å². The van der Waals surface area contributed by atoms with Crippen molar-refractivity contribution in [3.63, 3.8) is 0 Å². The molecule has 6 nitrogen and oxygen atoms in total. The number of phenols is 1. The van der Waals surface area contributed by atoms with Gasteiger partial charge in [0, 0.05) is 24.8 Å². The molecule has 0 bridgehead atoms. The number of rotatable bonds is 4. The largest absolute Gasteiger partial charge is 0.508 e. The van der Waals surface area contributed by atoms with Gasteiger partial charge in [0.15, 0.2) is 5.66 Å². The molecule has 0 fully saturated rings. The third kappa shape index (κ3) is 3.26. The van der Waals surface area contributed by atoms with Gasteiger partial charge in [-0.3, -0.25) is 9.59 Å². The minimum Gasteiger partial charge on any atom is -0.508 e. The van der Waals surface area contributed by atoms with E-state index in [1.165, 1.54) is 0 Å². The number of hydrogen-bond donors (Lipinski definition) is 3. The van der Waals surface area contributed by atoms with Crippen LogP contribution in [0.3, 0.4) is 0 Å². The second kappa shape index (κ2) is 6.03. The van der Waals surface area contributed by atoms with Crippen LogP contribution in [0.4, 0.5) is 0 Å². The minimum absolute atomic E-state index is 0.0908. The Kier molecular flexibility index (Phi) is 4.35. The van der Waals surface area contributed by atoms with Crippen molar-refractivity contribution < 1.29 is 19.4 Å². The maximum Gasteiger partial charge on any atom is 0.221 e. The van der Waals surface area contributed by atoms with Gasteiger partial charge >= 0.3 is 0 Å². The number of carbonyl (C=O) groups is 2. The molecular weight excluding hydrogens is 272 g/mol. The van der Waals surface area contributed by atoms with Crippen molar-refractivity contribution in [2.45, 2.75) is 38.8 Å². The molecule has 1 aliphatic heterocycles. The number of hydrogen-bond acceptors (Lipinski definition) is 4. The molecule has 21 heavy (non-hydrogen) atoms. The average Bonchev–Trinajstić information content (AvgIpc) is 2.48. The topological polar surface area (TPSA) is 87.7 Å². The van der Waals surface area contributed by atoms with Crippen LogP contribution in [-0.4, -0.2) is 29.2 Å². The monoisotopic (exact) mass is 292 g/mol. The molecule has 6 heteroatoms. The highest BCUT2D eigenvalue weighted by atomic mass is 16.5. The van der Waals surface area contributed by atoms with E-state index in [0.717, 1.165) is 0 Å². The Morgan fingerprint density at radius 1 is 1.24 bits per heavy atom. The van der Waals surface area contributed by atoms with Gasteiger partial charge in [0.05, 0.1) is 0 Å². The van der Waals surface area contributed by atoms with Crippen molar-refractivity contribution in [3.8, 4) is 11.5 Å². The van der Waals surface area contributed by atoms with Gasteiger partial charge in [-0.15, -0.1) is 0 Å². The minimum atomic E-state index is -1.02. The Morgan fingerprint density at radius 2 is 1.86 bits per heavy atom. The fourth-order valence-electron chi connectivity index (χ4n) is 2.32. The lowest BCUT2D eigenvalue weighted by molar-refractivity contribution is -0.128. The Morgan fingerprint density at radius 3 is 2.43 bits per heavy atom. The molecule has 2 amide bonds. The maximum atomic E-state index is 11.8. The summed E-state index contributed by atoms with van der Waals surface area (Å²) in [6.07, 6.45) is 0.890. The predicted octanol–water partition coefficient (Wildman–Crippen LogP) is 1.08. The van der Waals surface area contributed by atoms with Crippen LogP contribution in [-0.2, 0) is 16.0 Å². The molecule has 0 unspecified atom stereocenters. The van der Waals surface area contributed by atoms with E-state index >= 15 is 0 Å². The van der Waals surface area contributed by atoms with Crippen molar-refractivity contribution in [3.05, 3.63) is 23.8 Å². The van der Waals surface area contributed by atoms with Gasteiger partial charge in [0.2, 0.25) is 11.8 Å². The molecule has 1 aliphatic rings. The predicted molar refractivity (Wildman–Crippen MR) is 76.9 cm³/mol. The van der Waals surface area contributed by atoms with Crippen LogP contribution in [0.1, 0.15) is 32.3 Å². The van der Waals surface area contributed by atoms with Crippen LogP contribution < -0.4 is 15.4 Å². The fourth-order valence-corrected chi connectivity index (χ4v) is 2.32. The Bertz CT molecular complexity index is 539. The molecule has 0 spiro atoms.